The highest BCUT2D eigenvalue weighted by Crippen LogP contribution is 2.43. The van der Waals surface area contributed by atoms with E-state index in [2.05, 4.69) is 15.3 Å². The van der Waals surface area contributed by atoms with E-state index < -0.39 is 55.4 Å². The Morgan fingerprint density at radius 2 is 1.85 bits per heavy atom. The van der Waals surface area contributed by atoms with Crippen LogP contribution in [0.25, 0.3) is 11.1 Å². The Kier molecular flexibility index (Phi) is 6.96. The van der Waals surface area contributed by atoms with Gasteiger partial charge in [0.05, 0.1) is 22.9 Å². The standard InChI is InChI=1S/C27H24F5N5O2/c1-15-23-18(3-2-10-33-23)22-19(13-20(35-25(22)30)36-11-8-27(31,32)9-12-36)37(26(15)39)14-21(38)34-17-6-4-16(5-7-17)24(28)29/h2-7,10,13,15,24H,8-9,11-12,14H2,1H3,(H,34,38)/t15-/m1/s1. The van der Waals surface area contributed by atoms with Gasteiger partial charge in [0.15, 0.2) is 0 Å². The van der Waals surface area contributed by atoms with E-state index in [0.717, 1.165) is 4.90 Å². The number of amides is 2. The Hall–Kier alpha value is -4.09. The van der Waals surface area contributed by atoms with Gasteiger partial charge in [-0.1, -0.05) is 18.2 Å². The second kappa shape index (κ2) is 10.2. The predicted octanol–water partition coefficient (Wildman–Crippen LogP) is 5.54. The summed E-state index contributed by atoms with van der Waals surface area (Å²) in [4.78, 5) is 37.6. The molecule has 1 saturated heterocycles. The maximum Gasteiger partial charge on any atom is 0.263 e. The quantitative estimate of drug-likeness (QED) is 0.336. The van der Waals surface area contributed by atoms with E-state index >= 15 is 4.39 Å². The molecule has 2 aromatic heterocycles. The van der Waals surface area contributed by atoms with Gasteiger partial charge in [-0.05, 0) is 25.1 Å². The number of benzene rings is 1. The molecule has 2 amide bonds. The molecule has 39 heavy (non-hydrogen) atoms. The molecule has 0 spiro atoms. The smallest absolute Gasteiger partial charge is 0.263 e. The number of anilines is 3. The van der Waals surface area contributed by atoms with Crippen LogP contribution in [0.15, 0.2) is 48.7 Å². The molecule has 7 nitrogen and oxygen atoms in total. The molecule has 1 atom stereocenters. The summed E-state index contributed by atoms with van der Waals surface area (Å²) < 4.78 is 68.9. The average Bonchev–Trinajstić information content (AvgIpc) is 2.98. The maximum absolute atomic E-state index is 15.7. The van der Waals surface area contributed by atoms with E-state index in [9.17, 15) is 27.2 Å². The van der Waals surface area contributed by atoms with Crippen LogP contribution in [-0.4, -0.2) is 47.3 Å². The average molecular weight is 546 g/mol. The highest BCUT2D eigenvalue weighted by Gasteiger charge is 2.38. The van der Waals surface area contributed by atoms with Gasteiger partial charge < -0.3 is 15.1 Å². The summed E-state index contributed by atoms with van der Waals surface area (Å²) in [6.07, 6.45) is -2.04. The van der Waals surface area contributed by atoms with Crippen molar-refractivity contribution in [1.82, 2.24) is 9.97 Å². The minimum atomic E-state index is -2.83. The summed E-state index contributed by atoms with van der Waals surface area (Å²) in [6, 6.07) is 9.59. The van der Waals surface area contributed by atoms with Crippen LogP contribution < -0.4 is 15.1 Å². The topological polar surface area (TPSA) is 78.4 Å². The van der Waals surface area contributed by atoms with Crippen molar-refractivity contribution in [2.45, 2.75) is 38.0 Å². The van der Waals surface area contributed by atoms with Crippen molar-refractivity contribution >= 4 is 29.0 Å². The lowest BCUT2D eigenvalue weighted by Gasteiger charge is -2.33. The first kappa shape index (κ1) is 26.5. The summed E-state index contributed by atoms with van der Waals surface area (Å²) in [5.74, 6) is -5.70. The Bertz CT molecular complexity index is 1410. The summed E-state index contributed by atoms with van der Waals surface area (Å²) in [5.41, 5.74) is 0.689. The van der Waals surface area contributed by atoms with Gasteiger partial charge in [-0.3, -0.25) is 14.6 Å². The molecule has 1 aromatic carbocycles. The van der Waals surface area contributed by atoms with Gasteiger partial charge in [-0.25, -0.2) is 22.5 Å². The van der Waals surface area contributed by atoms with Crippen molar-refractivity contribution < 1.29 is 31.5 Å². The Morgan fingerprint density at radius 3 is 2.51 bits per heavy atom. The summed E-state index contributed by atoms with van der Waals surface area (Å²) in [6.45, 7) is 0.945. The van der Waals surface area contributed by atoms with Crippen molar-refractivity contribution in [3.63, 3.8) is 0 Å². The van der Waals surface area contributed by atoms with Gasteiger partial charge in [0.25, 0.3) is 12.3 Å². The molecule has 2 aliphatic rings. The fourth-order valence-electron chi connectivity index (χ4n) is 4.84. The van der Waals surface area contributed by atoms with Crippen LogP contribution in [-0.2, 0) is 9.59 Å². The monoisotopic (exact) mass is 545 g/mol. The number of hydrogen-bond acceptors (Lipinski definition) is 5. The number of nitrogens with one attached hydrogen (secondary N) is 1. The van der Waals surface area contributed by atoms with Crippen LogP contribution in [0.1, 0.15) is 43.4 Å². The summed E-state index contributed by atoms with van der Waals surface area (Å²) in [5, 5.41) is 2.57. The molecule has 1 N–H and O–H groups in total. The Morgan fingerprint density at radius 1 is 1.15 bits per heavy atom. The van der Waals surface area contributed by atoms with Crippen LogP contribution in [0, 0.1) is 5.95 Å². The number of carbonyl (C=O) groups is 2. The minimum Gasteiger partial charge on any atom is -0.356 e. The highest BCUT2D eigenvalue weighted by molar-refractivity contribution is 6.09. The fraction of sp³-hybridized carbons (Fsp3) is 0.333. The van der Waals surface area contributed by atoms with Crippen molar-refractivity contribution in [3.8, 4) is 11.1 Å². The molecule has 0 bridgehead atoms. The van der Waals surface area contributed by atoms with Gasteiger partial charge in [-0.2, -0.15) is 4.39 Å². The molecule has 4 heterocycles. The van der Waals surface area contributed by atoms with Gasteiger partial charge in [0, 0.05) is 55.0 Å². The number of carbonyl (C=O) groups excluding carboxylic acids is 2. The lowest BCUT2D eigenvalue weighted by molar-refractivity contribution is -0.122. The van der Waals surface area contributed by atoms with Gasteiger partial charge in [-0.15, -0.1) is 0 Å². The van der Waals surface area contributed by atoms with Gasteiger partial charge in [0.1, 0.15) is 12.4 Å². The first-order valence-corrected chi connectivity index (χ1v) is 12.3. The minimum absolute atomic E-state index is 0.0315. The molecule has 0 saturated carbocycles. The molecule has 0 radical (unpaired) electrons. The van der Waals surface area contributed by atoms with Crippen LogP contribution in [0.3, 0.4) is 0 Å². The highest BCUT2D eigenvalue weighted by atomic mass is 19.3. The van der Waals surface area contributed by atoms with E-state index in [1.807, 2.05) is 0 Å². The van der Waals surface area contributed by atoms with E-state index in [0.29, 0.717) is 11.3 Å². The van der Waals surface area contributed by atoms with Gasteiger partial charge >= 0.3 is 0 Å². The third kappa shape index (κ3) is 5.27. The molecule has 12 heteroatoms. The number of alkyl halides is 4. The number of piperidine rings is 1. The van der Waals surface area contributed by atoms with Crippen LogP contribution in [0.5, 0.6) is 0 Å². The molecular weight excluding hydrogens is 521 g/mol. The predicted molar refractivity (Wildman–Crippen MR) is 135 cm³/mol. The van der Waals surface area contributed by atoms with Crippen molar-refractivity contribution in [3.05, 3.63) is 65.9 Å². The maximum atomic E-state index is 15.7. The number of hydrogen-bond donors (Lipinski definition) is 1. The first-order chi connectivity index (χ1) is 18.5. The van der Waals surface area contributed by atoms with E-state index in [-0.39, 0.29) is 41.4 Å². The lowest BCUT2D eigenvalue weighted by Crippen LogP contribution is -2.41. The number of halogens is 5. The van der Waals surface area contributed by atoms with E-state index in [1.54, 1.807) is 19.1 Å². The zero-order chi connectivity index (χ0) is 27.9. The van der Waals surface area contributed by atoms with Crippen LogP contribution in [0.4, 0.5) is 39.1 Å². The van der Waals surface area contributed by atoms with E-state index in [4.69, 9.17) is 0 Å². The molecular formula is C27H24F5N5O2. The van der Waals surface area contributed by atoms with Crippen molar-refractivity contribution in [1.29, 1.82) is 0 Å². The molecule has 2 aliphatic heterocycles. The van der Waals surface area contributed by atoms with Crippen LogP contribution in [0.2, 0.25) is 0 Å². The third-order valence-electron chi connectivity index (χ3n) is 6.95. The summed E-state index contributed by atoms with van der Waals surface area (Å²) >= 11 is 0. The van der Waals surface area contributed by atoms with Crippen LogP contribution >= 0.6 is 0 Å². The second-order valence-corrected chi connectivity index (χ2v) is 9.56. The zero-order valence-corrected chi connectivity index (χ0v) is 20.8. The van der Waals surface area contributed by atoms with Crippen molar-refractivity contribution in [2.75, 3.05) is 34.8 Å². The molecule has 0 aliphatic carbocycles. The normalized spacial score (nSPS) is 18.4. The largest absolute Gasteiger partial charge is 0.356 e. The van der Waals surface area contributed by atoms with Crippen molar-refractivity contribution in [2.24, 2.45) is 0 Å². The molecule has 5 rings (SSSR count). The molecule has 204 valence electrons. The number of rotatable bonds is 5. The number of fused-ring (bicyclic) bond motifs is 3. The zero-order valence-electron chi connectivity index (χ0n) is 20.8. The second-order valence-electron chi connectivity index (χ2n) is 9.56. The molecule has 1 fully saturated rings. The SMILES string of the molecule is C[C@H]1C(=O)N(CC(=O)Nc2ccc(C(F)F)cc2)c2cc(N3CCC(F)(F)CC3)nc(F)c2-c2cccnc21. The summed E-state index contributed by atoms with van der Waals surface area (Å²) in [7, 11) is 0. The Balaban J connectivity index is 1.52. The number of aromatic nitrogens is 2. The fourth-order valence-corrected chi connectivity index (χ4v) is 4.84. The van der Waals surface area contributed by atoms with E-state index in [1.165, 1.54) is 41.4 Å². The number of nitrogens with zero attached hydrogens (tertiary/aromatic N) is 4. The Labute approximate surface area is 220 Å². The van der Waals surface area contributed by atoms with Gasteiger partial charge in [0.2, 0.25) is 17.8 Å². The molecule has 3 aromatic rings. The lowest BCUT2D eigenvalue weighted by atomic mass is 9.98. The first-order valence-electron chi connectivity index (χ1n) is 12.3. The molecule has 0 unspecified atom stereocenters. The number of pyridine rings is 2. The third-order valence-corrected chi connectivity index (χ3v) is 6.95.